The number of aliphatic hydroxyl groups is 1. The van der Waals surface area contributed by atoms with E-state index < -0.39 is 0 Å². The number of H-pyrrole nitrogens is 1. The molecule has 1 aromatic carbocycles. The molecular weight excluding hydrogens is 304 g/mol. The zero-order valence-corrected chi connectivity index (χ0v) is 13.2. The number of fused-ring (bicyclic) bond motifs is 1. The average Bonchev–Trinajstić information content (AvgIpc) is 3.11. The van der Waals surface area contributed by atoms with Crippen LogP contribution in [0.1, 0.15) is 25.7 Å². The standard InChI is InChI=1S/C17H20N6O/c18-17-21-14-9-10(12-7-8-19-23-12)5-6-11(14)16(22-17)20-13-3-1-2-4-15(13)24/h5-9,13,15,24H,1-4H2,(H,19,23)(H3,18,20,21,22)/t13-,15+/m1/s1. The Labute approximate surface area is 139 Å². The predicted octanol–water partition coefficient (Wildman–Crippen LogP) is 2.32. The maximum absolute atomic E-state index is 10.2. The van der Waals surface area contributed by atoms with Crippen molar-refractivity contribution in [3.8, 4) is 11.3 Å². The maximum atomic E-state index is 10.2. The Kier molecular flexibility index (Phi) is 3.78. The maximum Gasteiger partial charge on any atom is 0.222 e. The summed E-state index contributed by atoms with van der Waals surface area (Å²) in [5.41, 5.74) is 8.56. The van der Waals surface area contributed by atoms with E-state index in [0.29, 0.717) is 5.82 Å². The molecule has 7 heteroatoms. The number of anilines is 2. The molecule has 0 aliphatic heterocycles. The number of nitrogens with one attached hydrogen (secondary N) is 2. The van der Waals surface area contributed by atoms with Crippen LogP contribution in [0.4, 0.5) is 11.8 Å². The van der Waals surface area contributed by atoms with E-state index in [1.807, 2.05) is 24.3 Å². The van der Waals surface area contributed by atoms with E-state index in [9.17, 15) is 5.11 Å². The van der Waals surface area contributed by atoms with Crippen molar-refractivity contribution in [1.82, 2.24) is 20.2 Å². The molecule has 0 bridgehead atoms. The van der Waals surface area contributed by atoms with Crippen molar-refractivity contribution in [3.05, 3.63) is 30.5 Å². The van der Waals surface area contributed by atoms with Crippen LogP contribution in [0.3, 0.4) is 0 Å². The number of hydrogen-bond acceptors (Lipinski definition) is 6. The van der Waals surface area contributed by atoms with E-state index in [1.165, 1.54) is 0 Å². The van der Waals surface area contributed by atoms with Gasteiger partial charge in [-0.15, -0.1) is 0 Å². The molecule has 124 valence electrons. The van der Waals surface area contributed by atoms with Crippen LogP contribution in [0.5, 0.6) is 0 Å². The highest BCUT2D eigenvalue weighted by atomic mass is 16.3. The number of benzene rings is 1. The molecule has 4 rings (SSSR count). The molecule has 0 saturated heterocycles. The fourth-order valence-electron chi connectivity index (χ4n) is 3.30. The van der Waals surface area contributed by atoms with Crippen molar-refractivity contribution in [2.45, 2.75) is 37.8 Å². The molecule has 0 radical (unpaired) electrons. The SMILES string of the molecule is Nc1nc(N[C@@H]2CCCC[C@@H]2O)c2ccc(-c3ccn[nH]3)cc2n1. The number of nitrogen functional groups attached to an aromatic ring is 1. The second kappa shape index (κ2) is 6.09. The minimum Gasteiger partial charge on any atom is -0.391 e. The molecule has 2 aromatic heterocycles. The van der Waals surface area contributed by atoms with E-state index in [1.54, 1.807) is 6.20 Å². The van der Waals surface area contributed by atoms with Crippen LogP contribution in [-0.2, 0) is 0 Å². The van der Waals surface area contributed by atoms with Gasteiger partial charge in [0, 0.05) is 17.1 Å². The molecule has 0 amide bonds. The van der Waals surface area contributed by atoms with Gasteiger partial charge in [-0.2, -0.15) is 10.1 Å². The largest absolute Gasteiger partial charge is 0.391 e. The van der Waals surface area contributed by atoms with Gasteiger partial charge in [0.05, 0.1) is 23.4 Å². The molecule has 3 aromatic rings. The summed E-state index contributed by atoms with van der Waals surface area (Å²) in [7, 11) is 0. The van der Waals surface area contributed by atoms with E-state index in [4.69, 9.17) is 5.73 Å². The second-order valence-corrected chi connectivity index (χ2v) is 6.24. The monoisotopic (exact) mass is 324 g/mol. The highest BCUT2D eigenvalue weighted by molar-refractivity contribution is 5.92. The molecule has 0 unspecified atom stereocenters. The number of aromatic nitrogens is 4. The Morgan fingerprint density at radius 3 is 2.83 bits per heavy atom. The van der Waals surface area contributed by atoms with Gasteiger partial charge >= 0.3 is 0 Å². The summed E-state index contributed by atoms with van der Waals surface area (Å²) in [6.45, 7) is 0. The number of rotatable bonds is 3. The van der Waals surface area contributed by atoms with Gasteiger partial charge in [-0.1, -0.05) is 18.9 Å². The summed E-state index contributed by atoms with van der Waals surface area (Å²) in [4.78, 5) is 8.70. The second-order valence-electron chi connectivity index (χ2n) is 6.24. The van der Waals surface area contributed by atoms with Crippen LogP contribution in [0, 0.1) is 0 Å². The number of nitrogens with zero attached hydrogens (tertiary/aromatic N) is 3. The van der Waals surface area contributed by atoms with Crippen LogP contribution >= 0.6 is 0 Å². The third kappa shape index (κ3) is 2.78. The highest BCUT2D eigenvalue weighted by Crippen LogP contribution is 2.29. The van der Waals surface area contributed by atoms with Gasteiger partial charge in [-0.05, 0) is 31.0 Å². The zero-order chi connectivity index (χ0) is 16.5. The van der Waals surface area contributed by atoms with Crippen molar-refractivity contribution in [1.29, 1.82) is 0 Å². The first-order valence-electron chi connectivity index (χ1n) is 8.22. The topological polar surface area (TPSA) is 113 Å². The van der Waals surface area contributed by atoms with Crippen LogP contribution in [0.2, 0.25) is 0 Å². The summed E-state index contributed by atoms with van der Waals surface area (Å²) < 4.78 is 0. The van der Waals surface area contributed by atoms with E-state index in [2.05, 4.69) is 25.5 Å². The minimum atomic E-state index is -0.353. The molecule has 5 N–H and O–H groups in total. The van der Waals surface area contributed by atoms with Crippen molar-refractivity contribution < 1.29 is 5.11 Å². The van der Waals surface area contributed by atoms with Crippen molar-refractivity contribution >= 4 is 22.7 Å². The van der Waals surface area contributed by atoms with Crippen LogP contribution in [0.15, 0.2) is 30.5 Å². The lowest BCUT2D eigenvalue weighted by atomic mass is 9.92. The number of hydrogen-bond donors (Lipinski definition) is 4. The van der Waals surface area contributed by atoms with E-state index in [-0.39, 0.29) is 18.1 Å². The van der Waals surface area contributed by atoms with Gasteiger partial charge in [-0.25, -0.2) is 4.98 Å². The van der Waals surface area contributed by atoms with Gasteiger partial charge in [-0.3, -0.25) is 5.10 Å². The van der Waals surface area contributed by atoms with Crippen LogP contribution in [-0.4, -0.2) is 37.4 Å². The molecule has 1 aliphatic carbocycles. The molecule has 24 heavy (non-hydrogen) atoms. The summed E-state index contributed by atoms with van der Waals surface area (Å²) >= 11 is 0. The Balaban J connectivity index is 1.72. The van der Waals surface area contributed by atoms with Crippen molar-refractivity contribution in [2.24, 2.45) is 0 Å². The summed E-state index contributed by atoms with van der Waals surface area (Å²) in [6.07, 6.45) is 5.29. The van der Waals surface area contributed by atoms with E-state index >= 15 is 0 Å². The number of aliphatic hydroxyl groups excluding tert-OH is 1. The molecule has 1 saturated carbocycles. The highest BCUT2D eigenvalue weighted by Gasteiger charge is 2.24. The first kappa shape index (κ1) is 14.9. The molecule has 0 spiro atoms. The smallest absolute Gasteiger partial charge is 0.222 e. The first-order valence-corrected chi connectivity index (χ1v) is 8.22. The minimum absolute atomic E-state index is 0.00327. The number of nitrogens with two attached hydrogens (primary N) is 1. The quantitative estimate of drug-likeness (QED) is 0.588. The Hall–Kier alpha value is -2.67. The van der Waals surface area contributed by atoms with E-state index in [0.717, 1.165) is 47.8 Å². The lowest BCUT2D eigenvalue weighted by Gasteiger charge is -2.29. The fourth-order valence-corrected chi connectivity index (χ4v) is 3.30. The normalized spacial score (nSPS) is 21.0. The summed E-state index contributed by atoms with van der Waals surface area (Å²) in [5, 5.41) is 21.4. The van der Waals surface area contributed by atoms with Crippen LogP contribution in [0.25, 0.3) is 22.2 Å². The Bertz CT molecular complexity index is 848. The van der Waals surface area contributed by atoms with Crippen molar-refractivity contribution in [2.75, 3.05) is 11.1 Å². The number of aromatic amines is 1. The first-order chi connectivity index (χ1) is 11.7. The molecule has 2 heterocycles. The average molecular weight is 324 g/mol. The van der Waals surface area contributed by atoms with Crippen LogP contribution < -0.4 is 11.1 Å². The predicted molar refractivity (Wildman–Crippen MR) is 93.4 cm³/mol. The van der Waals surface area contributed by atoms with Gasteiger partial charge in [0.15, 0.2) is 0 Å². The fraction of sp³-hybridized carbons (Fsp3) is 0.353. The summed E-state index contributed by atoms with van der Waals surface area (Å²) in [5.74, 6) is 0.900. The zero-order valence-electron chi connectivity index (χ0n) is 13.2. The van der Waals surface area contributed by atoms with Gasteiger partial charge < -0.3 is 16.2 Å². The Morgan fingerprint density at radius 1 is 1.17 bits per heavy atom. The Morgan fingerprint density at radius 2 is 2.04 bits per heavy atom. The van der Waals surface area contributed by atoms with Gasteiger partial charge in [0.2, 0.25) is 5.95 Å². The summed E-state index contributed by atoms with van der Waals surface area (Å²) in [6, 6.07) is 7.84. The van der Waals surface area contributed by atoms with Gasteiger partial charge in [0.1, 0.15) is 5.82 Å². The molecular formula is C17H20N6O. The lowest BCUT2D eigenvalue weighted by Crippen LogP contribution is -2.36. The third-order valence-corrected chi connectivity index (χ3v) is 4.58. The molecule has 1 fully saturated rings. The molecule has 1 aliphatic rings. The molecule has 7 nitrogen and oxygen atoms in total. The van der Waals surface area contributed by atoms with Gasteiger partial charge in [0.25, 0.3) is 0 Å². The third-order valence-electron chi connectivity index (χ3n) is 4.58. The lowest BCUT2D eigenvalue weighted by molar-refractivity contribution is 0.116. The van der Waals surface area contributed by atoms with Crippen molar-refractivity contribution in [3.63, 3.8) is 0 Å². The molecule has 2 atom stereocenters.